The van der Waals surface area contributed by atoms with Crippen molar-refractivity contribution in [3.63, 3.8) is 0 Å². The Balaban J connectivity index is 1.71. The van der Waals surface area contributed by atoms with Crippen LogP contribution < -0.4 is 10.6 Å². The van der Waals surface area contributed by atoms with E-state index in [9.17, 15) is 12.8 Å². The largest absolute Gasteiger partial charge is 0.351 e. The number of rotatable bonds is 6. The fourth-order valence-electron chi connectivity index (χ4n) is 2.93. The topological polar surface area (TPSA) is 96.9 Å². The number of nitrogens with zero attached hydrogens (tertiary/aromatic N) is 3. The van der Waals surface area contributed by atoms with Crippen molar-refractivity contribution in [2.75, 3.05) is 16.9 Å². The van der Waals surface area contributed by atoms with Crippen LogP contribution in [0.1, 0.15) is 19.3 Å². The fraction of sp³-hybridized carbons (Fsp3) is 0.250. The van der Waals surface area contributed by atoms with Crippen molar-refractivity contribution in [2.45, 2.75) is 30.2 Å². The molecule has 150 valence electrons. The number of aromatic nitrogens is 3. The lowest BCUT2D eigenvalue weighted by molar-refractivity contribution is 0.443. The van der Waals surface area contributed by atoms with E-state index >= 15 is 0 Å². The third-order valence-electron chi connectivity index (χ3n) is 4.71. The summed E-state index contributed by atoms with van der Waals surface area (Å²) in [5.41, 5.74) is 0.771. The molecule has 2 N–H and O–H groups in total. The third kappa shape index (κ3) is 4.51. The lowest BCUT2D eigenvalue weighted by Gasteiger charge is -2.26. The van der Waals surface area contributed by atoms with Crippen molar-refractivity contribution in [2.24, 2.45) is 0 Å². The van der Waals surface area contributed by atoms with Crippen LogP contribution in [0.15, 0.2) is 53.4 Å². The molecule has 1 heterocycles. The molecule has 0 spiro atoms. The van der Waals surface area contributed by atoms with E-state index in [4.69, 9.17) is 0 Å². The van der Waals surface area contributed by atoms with Gasteiger partial charge in [0, 0.05) is 18.0 Å². The minimum Gasteiger partial charge on any atom is -0.351 e. The van der Waals surface area contributed by atoms with E-state index < -0.39 is 15.7 Å². The molecule has 0 unspecified atom stereocenters. The van der Waals surface area contributed by atoms with E-state index in [1.807, 2.05) is 0 Å². The SMILES string of the molecule is CS(=O)(=O)c1cccc(Nc2nc(NC3CCC3)nc(-c3ccccc3F)n2)c1. The zero-order valence-corrected chi connectivity index (χ0v) is 16.6. The second-order valence-corrected chi connectivity index (χ2v) is 9.00. The van der Waals surface area contributed by atoms with Gasteiger partial charge >= 0.3 is 0 Å². The maximum Gasteiger partial charge on any atom is 0.232 e. The Morgan fingerprint density at radius 1 is 1.00 bits per heavy atom. The predicted octanol–water partition coefficient (Wildman–Crippen LogP) is 3.79. The van der Waals surface area contributed by atoms with Crippen molar-refractivity contribution in [1.82, 2.24) is 15.0 Å². The van der Waals surface area contributed by atoms with Crippen LogP contribution in [-0.4, -0.2) is 35.7 Å². The molecule has 0 aliphatic heterocycles. The molecule has 1 aliphatic rings. The van der Waals surface area contributed by atoms with Crippen LogP contribution in [0.5, 0.6) is 0 Å². The molecular formula is C20H20FN5O2S. The first-order chi connectivity index (χ1) is 13.9. The van der Waals surface area contributed by atoms with E-state index in [0.29, 0.717) is 11.6 Å². The van der Waals surface area contributed by atoms with Crippen LogP contribution in [0.2, 0.25) is 0 Å². The molecule has 0 radical (unpaired) electrons. The van der Waals surface area contributed by atoms with Gasteiger partial charge in [-0.05, 0) is 49.6 Å². The van der Waals surface area contributed by atoms with E-state index in [-0.39, 0.29) is 28.3 Å². The number of benzene rings is 2. The van der Waals surface area contributed by atoms with E-state index in [0.717, 1.165) is 25.5 Å². The Morgan fingerprint density at radius 3 is 2.45 bits per heavy atom. The first-order valence-electron chi connectivity index (χ1n) is 9.23. The molecule has 4 rings (SSSR count). The molecule has 1 saturated carbocycles. The summed E-state index contributed by atoms with van der Waals surface area (Å²) in [6.07, 6.45) is 4.35. The Kier molecular flexibility index (Phi) is 5.14. The number of hydrogen-bond donors (Lipinski definition) is 2. The van der Waals surface area contributed by atoms with Crippen LogP contribution in [0.25, 0.3) is 11.4 Å². The molecule has 7 nitrogen and oxygen atoms in total. The highest BCUT2D eigenvalue weighted by molar-refractivity contribution is 7.90. The molecule has 0 atom stereocenters. The first-order valence-corrected chi connectivity index (χ1v) is 11.1. The zero-order valence-electron chi connectivity index (χ0n) is 15.8. The van der Waals surface area contributed by atoms with Gasteiger partial charge in [0.05, 0.1) is 10.5 Å². The van der Waals surface area contributed by atoms with Gasteiger partial charge in [0.15, 0.2) is 15.7 Å². The van der Waals surface area contributed by atoms with Gasteiger partial charge in [-0.2, -0.15) is 15.0 Å². The van der Waals surface area contributed by atoms with Gasteiger partial charge in [0.1, 0.15) is 5.82 Å². The van der Waals surface area contributed by atoms with Crippen LogP contribution in [0, 0.1) is 5.82 Å². The summed E-state index contributed by atoms with van der Waals surface area (Å²) in [6, 6.07) is 12.9. The summed E-state index contributed by atoms with van der Waals surface area (Å²) in [7, 11) is -3.35. The average molecular weight is 413 g/mol. The number of sulfone groups is 1. The molecule has 2 aromatic carbocycles. The van der Waals surface area contributed by atoms with Crippen molar-refractivity contribution in [1.29, 1.82) is 0 Å². The monoisotopic (exact) mass is 413 g/mol. The summed E-state index contributed by atoms with van der Waals surface area (Å²) in [6.45, 7) is 0. The Hall–Kier alpha value is -3.07. The molecular weight excluding hydrogens is 393 g/mol. The van der Waals surface area contributed by atoms with Crippen LogP contribution in [0.4, 0.5) is 22.0 Å². The van der Waals surface area contributed by atoms with E-state index in [1.54, 1.807) is 30.3 Å². The third-order valence-corrected chi connectivity index (χ3v) is 5.82. The van der Waals surface area contributed by atoms with Crippen LogP contribution in [-0.2, 0) is 9.84 Å². The fourth-order valence-corrected chi connectivity index (χ4v) is 3.59. The molecule has 0 bridgehead atoms. The standard InChI is InChI=1S/C20H20FN5O2S/c1-29(27,28)15-9-5-8-14(12-15)23-20-25-18(16-10-2-3-11-17(16)21)24-19(26-20)22-13-6-4-7-13/h2-3,5,8-13H,4,6-7H2,1H3,(H2,22,23,24,25,26). The average Bonchev–Trinajstić information content (AvgIpc) is 2.64. The number of hydrogen-bond acceptors (Lipinski definition) is 7. The highest BCUT2D eigenvalue weighted by Gasteiger charge is 2.20. The van der Waals surface area contributed by atoms with Crippen LogP contribution >= 0.6 is 0 Å². The predicted molar refractivity (Wildman–Crippen MR) is 109 cm³/mol. The molecule has 0 amide bonds. The minimum absolute atomic E-state index is 0.179. The maximum absolute atomic E-state index is 14.3. The molecule has 1 fully saturated rings. The zero-order chi connectivity index (χ0) is 20.4. The summed E-state index contributed by atoms with van der Waals surface area (Å²) in [5, 5.41) is 6.26. The van der Waals surface area contributed by atoms with E-state index in [1.165, 1.54) is 18.2 Å². The lowest BCUT2D eigenvalue weighted by Crippen LogP contribution is -2.28. The second-order valence-electron chi connectivity index (χ2n) is 6.98. The molecule has 3 aromatic rings. The second kappa shape index (κ2) is 7.75. The van der Waals surface area contributed by atoms with Crippen LogP contribution in [0.3, 0.4) is 0 Å². The van der Waals surface area contributed by atoms with Gasteiger partial charge in [-0.1, -0.05) is 18.2 Å². The molecule has 0 saturated heterocycles. The molecule has 9 heteroatoms. The summed E-state index contributed by atoms with van der Waals surface area (Å²) in [4.78, 5) is 13.3. The van der Waals surface area contributed by atoms with Crippen molar-refractivity contribution >= 4 is 27.4 Å². The summed E-state index contributed by atoms with van der Waals surface area (Å²) in [5.74, 6) is 0.315. The number of halogens is 1. The Bertz CT molecular complexity index is 1150. The number of anilines is 3. The number of nitrogens with one attached hydrogen (secondary N) is 2. The molecule has 1 aliphatic carbocycles. The highest BCUT2D eigenvalue weighted by atomic mass is 32.2. The van der Waals surface area contributed by atoms with Gasteiger partial charge in [-0.25, -0.2) is 12.8 Å². The van der Waals surface area contributed by atoms with Gasteiger partial charge in [0.25, 0.3) is 0 Å². The van der Waals surface area contributed by atoms with E-state index in [2.05, 4.69) is 25.6 Å². The first kappa shape index (κ1) is 19.3. The Morgan fingerprint density at radius 2 is 1.76 bits per heavy atom. The van der Waals surface area contributed by atoms with Crippen molar-refractivity contribution in [3.8, 4) is 11.4 Å². The quantitative estimate of drug-likeness (QED) is 0.635. The van der Waals surface area contributed by atoms with Crippen molar-refractivity contribution in [3.05, 3.63) is 54.3 Å². The highest BCUT2D eigenvalue weighted by Crippen LogP contribution is 2.26. The minimum atomic E-state index is -3.35. The van der Waals surface area contributed by atoms with Gasteiger partial charge < -0.3 is 10.6 Å². The normalized spacial score (nSPS) is 14.3. The molecule has 29 heavy (non-hydrogen) atoms. The summed E-state index contributed by atoms with van der Waals surface area (Å²) < 4.78 is 37.9. The smallest absolute Gasteiger partial charge is 0.232 e. The maximum atomic E-state index is 14.3. The summed E-state index contributed by atoms with van der Waals surface area (Å²) >= 11 is 0. The van der Waals surface area contributed by atoms with Crippen molar-refractivity contribution < 1.29 is 12.8 Å². The van der Waals surface area contributed by atoms with Gasteiger partial charge in [-0.3, -0.25) is 0 Å². The Labute approximate surface area is 168 Å². The van der Waals surface area contributed by atoms with Gasteiger partial charge in [0.2, 0.25) is 11.9 Å². The molecule has 1 aromatic heterocycles. The van der Waals surface area contributed by atoms with Gasteiger partial charge in [-0.15, -0.1) is 0 Å². The lowest BCUT2D eigenvalue weighted by atomic mass is 9.93.